The highest BCUT2D eigenvalue weighted by atomic mass is 19.3. The molecule has 2 aromatic heterocycles. The highest BCUT2D eigenvalue weighted by Crippen LogP contribution is 2.21. The van der Waals surface area contributed by atoms with Crippen molar-refractivity contribution >= 4 is 10.9 Å². The van der Waals surface area contributed by atoms with Crippen LogP contribution in [0.25, 0.3) is 10.9 Å². The highest BCUT2D eigenvalue weighted by molar-refractivity contribution is 5.79. The van der Waals surface area contributed by atoms with Crippen LogP contribution in [-0.2, 0) is 6.42 Å². The third-order valence-corrected chi connectivity index (χ3v) is 2.29. The fraction of sp³-hybridized carbons (Fsp3) is 0.300. The lowest BCUT2D eigenvalue weighted by Gasteiger charge is -2.04. The van der Waals surface area contributed by atoms with Crippen LogP contribution in [0, 0.1) is 0 Å². The van der Waals surface area contributed by atoms with Gasteiger partial charge in [0.25, 0.3) is 12.0 Å². The van der Waals surface area contributed by atoms with E-state index in [9.17, 15) is 13.6 Å². The van der Waals surface area contributed by atoms with Crippen LogP contribution in [0.5, 0.6) is 0 Å². The number of aromatic amines is 1. The lowest BCUT2D eigenvalue weighted by atomic mass is 10.2. The number of hydrogen-bond donors (Lipinski definition) is 1. The molecule has 2 heterocycles. The molecule has 84 valence electrons. The molecule has 0 fully saturated rings. The van der Waals surface area contributed by atoms with E-state index in [0.717, 1.165) is 0 Å². The smallest absolute Gasteiger partial charge is 0.267 e. The van der Waals surface area contributed by atoms with Gasteiger partial charge in [-0.05, 0) is 18.6 Å². The molecule has 2 rings (SSSR count). The molecule has 0 aliphatic heterocycles. The average Bonchev–Trinajstić information content (AvgIpc) is 2.28. The maximum absolute atomic E-state index is 12.6. The number of fused-ring (bicyclic) bond motifs is 1. The first-order valence-corrected chi connectivity index (χ1v) is 4.80. The Morgan fingerprint density at radius 1 is 1.44 bits per heavy atom. The molecule has 0 bridgehead atoms. The summed E-state index contributed by atoms with van der Waals surface area (Å²) in [6.45, 7) is 1.86. The summed E-state index contributed by atoms with van der Waals surface area (Å²) in [5, 5.41) is 5.51. The molecule has 16 heavy (non-hydrogen) atoms. The molecule has 0 saturated carbocycles. The Bertz CT molecular complexity index is 580. The lowest BCUT2D eigenvalue weighted by Crippen LogP contribution is -2.12. The van der Waals surface area contributed by atoms with Crippen molar-refractivity contribution in [2.45, 2.75) is 19.8 Å². The van der Waals surface area contributed by atoms with Crippen LogP contribution in [0.15, 0.2) is 16.9 Å². The van der Waals surface area contributed by atoms with Gasteiger partial charge >= 0.3 is 0 Å². The second-order valence-corrected chi connectivity index (χ2v) is 3.29. The monoisotopic (exact) mass is 225 g/mol. The molecule has 0 spiro atoms. The van der Waals surface area contributed by atoms with Crippen molar-refractivity contribution < 1.29 is 8.78 Å². The van der Waals surface area contributed by atoms with E-state index in [4.69, 9.17) is 0 Å². The molecule has 0 atom stereocenters. The quantitative estimate of drug-likeness (QED) is 0.848. The van der Waals surface area contributed by atoms with E-state index in [2.05, 4.69) is 10.1 Å². The van der Waals surface area contributed by atoms with Gasteiger partial charge in [-0.1, -0.05) is 6.92 Å². The van der Waals surface area contributed by atoms with E-state index in [1.165, 1.54) is 6.07 Å². The SMILES string of the molecule is CCc1ccc2c(=O)[nH]nc(C(F)F)c2n1. The molecule has 0 aromatic carbocycles. The van der Waals surface area contributed by atoms with E-state index < -0.39 is 17.7 Å². The van der Waals surface area contributed by atoms with Gasteiger partial charge in [-0.3, -0.25) is 9.78 Å². The van der Waals surface area contributed by atoms with Gasteiger partial charge in [0, 0.05) is 5.69 Å². The van der Waals surface area contributed by atoms with Crippen LogP contribution in [-0.4, -0.2) is 15.2 Å². The number of H-pyrrole nitrogens is 1. The van der Waals surface area contributed by atoms with Crippen molar-refractivity contribution in [2.75, 3.05) is 0 Å². The zero-order valence-electron chi connectivity index (χ0n) is 8.50. The van der Waals surface area contributed by atoms with Gasteiger partial charge in [0.2, 0.25) is 0 Å². The summed E-state index contributed by atoms with van der Waals surface area (Å²) in [6, 6.07) is 3.14. The summed E-state index contributed by atoms with van der Waals surface area (Å²) in [4.78, 5) is 15.4. The average molecular weight is 225 g/mol. The summed E-state index contributed by atoms with van der Waals surface area (Å²) in [5.41, 5.74) is -0.348. The Hall–Kier alpha value is -1.85. The van der Waals surface area contributed by atoms with Crippen molar-refractivity contribution in [3.05, 3.63) is 33.9 Å². The Morgan fingerprint density at radius 2 is 2.19 bits per heavy atom. The van der Waals surface area contributed by atoms with Gasteiger partial charge in [-0.25, -0.2) is 13.9 Å². The van der Waals surface area contributed by atoms with Gasteiger partial charge in [0.05, 0.1) is 5.39 Å². The predicted molar refractivity (Wildman–Crippen MR) is 54.5 cm³/mol. The summed E-state index contributed by atoms with van der Waals surface area (Å²) >= 11 is 0. The maximum Gasteiger partial charge on any atom is 0.284 e. The molecular weight excluding hydrogens is 216 g/mol. The molecule has 0 aliphatic rings. The first kappa shape index (κ1) is 10.7. The van der Waals surface area contributed by atoms with E-state index >= 15 is 0 Å². The van der Waals surface area contributed by atoms with E-state index in [0.29, 0.717) is 12.1 Å². The van der Waals surface area contributed by atoms with Crippen molar-refractivity contribution in [2.24, 2.45) is 0 Å². The number of rotatable bonds is 2. The minimum Gasteiger partial charge on any atom is -0.267 e. The summed E-state index contributed by atoms with van der Waals surface area (Å²) in [7, 11) is 0. The first-order valence-electron chi connectivity index (χ1n) is 4.80. The van der Waals surface area contributed by atoms with Crippen molar-refractivity contribution in [1.29, 1.82) is 0 Å². The minimum absolute atomic E-state index is 0.0156. The van der Waals surface area contributed by atoms with Crippen molar-refractivity contribution in [3.8, 4) is 0 Å². The highest BCUT2D eigenvalue weighted by Gasteiger charge is 2.16. The number of aryl methyl sites for hydroxylation is 1. The zero-order valence-corrected chi connectivity index (χ0v) is 8.50. The molecular formula is C10H9F2N3O. The molecule has 4 nitrogen and oxygen atoms in total. The fourth-order valence-electron chi connectivity index (χ4n) is 1.45. The Morgan fingerprint density at radius 3 is 2.81 bits per heavy atom. The molecule has 0 saturated heterocycles. The largest absolute Gasteiger partial charge is 0.284 e. The van der Waals surface area contributed by atoms with Gasteiger partial charge in [0.15, 0.2) is 5.69 Å². The van der Waals surface area contributed by atoms with Crippen LogP contribution in [0.3, 0.4) is 0 Å². The van der Waals surface area contributed by atoms with E-state index in [-0.39, 0.29) is 10.9 Å². The molecule has 0 aliphatic carbocycles. The Kier molecular flexibility index (Phi) is 2.64. The maximum atomic E-state index is 12.6. The normalized spacial score (nSPS) is 11.2. The summed E-state index contributed by atoms with van der Waals surface area (Å²) in [5.74, 6) is 0. The third kappa shape index (κ3) is 1.66. The standard InChI is InChI=1S/C10H9F2N3O/c1-2-5-3-4-6-7(13-5)8(9(11)12)14-15-10(6)16/h3-4,9H,2H2,1H3,(H,15,16). The number of nitrogens with one attached hydrogen (secondary N) is 1. The topological polar surface area (TPSA) is 58.6 Å². The minimum atomic E-state index is -2.75. The Labute approximate surface area is 89.3 Å². The van der Waals surface area contributed by atoms with Crippen molar-refractivity contribution in [3.63, 3.8) is 0 Å². The zero-order chi connectivity index (χ0) is 11.7. The first-order chi connectivity index (χ1) is 7.63. The van der Waals surface area contributed by atoms with Gasteiger partial charge in [-0.2, -0.15) is 5.10 Å². The number of aromatic nitrogens is 3. The Balaban J connectivity index is 2.83. The lowest BCUT2D eigenvalue weighted by molar-refractivity contribution is 0.146. The number of pyridine rings is 1. The van der Waals surface area contributed by atoms with Gasteiger partial charge < -0.3 is 0 Å². The van der Waals surface area contributed by atoms with Crippen LogP contribution >= 0.6 is 0 Å². The second-order valence-electron chi connectivity index (χ2n) is 3.29. The van der Waals surface area contributed by atoms with E-state index in [1.54, 1.807) is 6.07 Å². The summed E-state index contributed by atoms with van der Waals surface area (Å²) in [6.07, 6.45) is -2.13. The third-order valence-electron chi connectivity index (χ3n) is 2.29. The fourth-order valence-corrected chi connectivity index (χ4v) is 1.45. The second kappa shape index (κ2) is 3.96. The molecule has 0 unspecified atom stereocenters. The molecule has 1 N–H and O–H groups in total. The van der Waals surface area contributed by atoms with Gasteiger partial charge in [0.1, 0.15) is 5.52 Å². The molecule has 6 heteroatoms. The predicted octanol–water partition coefficient (Wildman–Crippen LogP) is 1.82. The number of halogens is 2. The molecule has 0 radical (unpaired) electrons. The van der Waals surface area contributed by atoms with E-state index in [1.807, 2.05) is 12.0 Å². The molecule has 0 amide bonds. The van der Waals surface area contributed by atoms with Crippen LogP contribution in [0.1, 0.15) is 24.7 Å². The van der Waals surface area contributed by atoms with Crippen molar-refractivity contribution in [1.82, 2.24) is 15.2 Å². The van der Waals surface area contributed by atoms with Crippen LogP contribution in [0.4, 0.5) is 8.78 Å². The van der Waals surface area contributed by atoms with Crippen LogP contribution < -0.4 is 5.56 Å². The number of hydrogen-bond acceptors (Lipinski definition) is 3. The van der Waals surface area contributed by atoms with Crippen LogP contribution in [0.2, 0.25) is 0 Å². The summed E-state index contributed by atoms with van der Waals surface area (Å²) < 4.78 is 25.3. The molecule has 2 aromatic rings. The van der Waals surface area contributed by atoms with Gasteiger partial charge in [-0.15, -0.1) is 0 Å². The number of alkyl halides is 2. The number of nitrogens with zero attached hydrogens (tertiary/aromatic N) is 2.